The van der Waals surface area contributed by atoms with E-state index in [2.05, 4.69) is 10.7 Å². The molecular weight excluding hydrogens is 374 g/mol. The number of ether oxygens (including phenoxy) is 2. The Labute approximate surface area is 166 Å². The summed E-state index contributed by atoms with van der Waals surface area (Å²) in [7, 11) is 3.00. The summed E-state index contributed by atoms with van der Waals surface area (Å²) in [5.74, 6) is 0.377. The zero-order chi connectivity index (χ0) is 19.7. The molecule has 1 aromatic heterocycles. The van der Waals surface area contributed by atoms with Crippen LogP contribution in [-0.2, 0) is 9.53 Å². The number of carbonyl (C=O) groups is 2. The molecule has 2 heterocycles. The van der Waals surface area contributed by atoms with Gasteiger partial charge in [-0.15, -0.1) is 11.3 Å². The molecule has 0 unspecified atom stereocenters. The van der Waals surface area contributed by atoms with E-state index in [1.54, 1.807) is 30.6 Å². The quantitative estimate of drug-likeness (QED) is 0.654. The van der Waals surface area contributed by atoms with Crippen molar-refractivity contribution in [1.82, 2.24) is 0 Å². The standard InChI is InChI=1S/C22H19NO4S/c1-26-16-9-7-14(8-10-16)18-12-28-21-17(11-19(24)23-20(18)21)13-3-5-15(6-4-13)22(25)27-2/h3-10,12,17H,11H2,1-2H3,(H,23,24)/t17-/m1/s1. The highest BCUT2D eigenvalue weighted by atomic mass is 32.1. The summed E-state index contributed by atoms with van der Waals surface area (Å²) in [6.07, 6.45) is 0.382. The van der Waals surface area contributed by atoms with Crippen molar-refractivity contribution in [2.45, 2.75) is 12.3 Å². The Morgan fingerprint density at radius 3 is 2.43 bits per heavy atom. The van der Waals surface area contributed by atoms with Gasteiger partial charge in [0.1, 0.15) is 5.75 Å². The minimum Gasteiger partial charge on any atom is -0.497 e. The van der Waals surface area contributed by atoms with Gasteiger partial charge in [0.2, 0.25) is 5.91 Å². The molecule has 28 heavy (non-hydrogen) atoms. The van der Waals surface area contributed by atoms with Crippen molar-refractivity contribution in [3.63, 3.8) is 0 Å². The molecule has 0 bridgehead atoms. The number of nitrogens with one attached hydrogen (secondary N) is 1. The van der Waals surface area contributed by atoms with Crippen LogP contribution in [0.3, 0.4) is 0 Å². The summed E-state index contributed by atoms with van der Waals surface area (Å²) in [6, 6.07) is 15.1. The van der Waals surface area contributed by atoms with Crippen LogP contribution in [0.1, 0.15) is 33.1 Å². The lowest BCUT2D eigenvalue weighted by Gasteiger charge is -2.24. The van der Waals surface area contributed by atoms with Crippen LogP contribution in [0.25, 0.3) is 11.1 Å². The van der Waals surface area contributed by atoms with Gasteiger partial charge in [0.25, 0.3) is 0 Å². The molecule has 4 rings (SSSR count). The van der Waals surface area contributed by atoms with Crippen LogP contribution in [0.4, 0.5) is 5.69 Å². The first-order chi connectivity index (χ1) is 13.6. The predicted molar refractivity (Wildman–Crippen MR) is 109 cm³/mol. The van der Waals surface area contributed by atoms with Gasteiger partial charge in [0.05, 0.1) is 25.5 Å². The lowest BCUT2D eigenvalue weighted by molar-refractivity contribution is -0.116. The first kappa shape index (κ1) is 18.3. The maximum Gasteiger partial charge on any atom is 0.337 e. The predicted octanol–water partition coefficient (Wildman–Crippen LogP) is 4.68. The van der Waals surface area contributed by atoms with Gasteiger partial charge in [-0.1, -0.05) is 24.3 Å². The van der Waals surface area contributed by atoms with Crippen molar-refractivity contribution in [3.8, 4) is 16.9 Å². The van der Waals surface area contributed by atoms with Crippen LogP contribution in [0.15, 0.2) is 53.9 Å². The van der Waals surface area contributed by atoms with Gasteiger partial charge in [0, 0.05) is 28.2 Å². The molecule has 5 nitrogen and oxygen atoms in total. The molecule has 1 amide bonds. The summed E-state index contributed by atoms with van der Waals surface area (Å²) in [4.78, 5) is 25.2. The fourth-order valence-electron chi connectivity index (χ4n) is 3.45. The summed E-state index contributed by atoms with van der Waals surface area (Å²) >= 11 is 1.64. The Hall–Kier alpha value is -3.12. The molecule has 0 saturated carbocycles. The highest BCUT2D eigenvalue weighted by Crippen LogP contribution is 2.46. The van der Waals surface area contributed by atoms with Crippen molar-refractivity contribution in [3.05, 3.63) is 69.9 Å². The number of hydrogen-bond donors (Lipinski definition) is 1. The summed E-state index contributed by atoms with van der Waals surface area (Å²) in [5, 5.41) is 5.12. The average molecular weight is 393 g/mol. The van der Waals surface area contributed by atoms with Crippen LogP contribution >= 0.6 is 11.3 Å². The zero-order valence-electron chi connectivity index (χ0n) is 15.5. The second-order valence-corrected chi connectivity index (χ2v) is 7.45. The van der Waals surface area contributed by atoms with Crippen LogP contribution in [0, 0.1) is 0 Å². The first-order valence-electron chi connectivity index (χ1n) is 8.84. The van der Waals surface area contributed by atoms with Crippen molar-refractivity contribution >= 4 is 28.9 Å². The lowest BCUT2D eigenvalue weighted by atomic mass is 9.88. The van der Waals surface area contributed by atoms with Crippen LogP contribution in [-0.4, -0.2) is 26.1 Å². The SMILES string of the molecule is COC(=O)c1ccc([C@H]2CC(=O)Nc3c(-c4ccc(OC)cc4)csc32)cc1. The van der Waals surface area contributed by atoms with E-state index < -0.39 is 0 Å². The van der Waals surface area contributed by atoms with Gasteiger partial charge < -0.3 is 14.8 Å². The van der Waals surface area contributed by atoms with Gasteiger partial charge >= 0.3 is 5.97 Å². The minimum absolute atomic E-state index is 0.0114. The second-order valence-electron chi connectivity index (χ2n) is 6.54. The molecule has 142 valence electrons. The van der Waals surface area contributed by atoms with Crippen LogP contribution in [0.5, 0.6) is 5.75 Å². The van der Waals surface area contributed by atoms with Crippen molar-refractivity contribution in [2.75, 3.05) is 19.5 Å². The molecule has 1 atom stereocenters. The van der Waals surface area contributed by atoms with E-state index in [0.717, 1.165) is 33.0 Å². The van der Waals surface area contributed by atoms with E-state index in [1.165, 1.54) is 7.11 Å². The maximum atomic E-state index is 12.4. The third-order valence-corrected chi connectivity index (χ3v) is 6.02. The number of carbonyl (C=O) groups excluding carboxylic acids is 2. The Kier molecular flexibility index (Phi) is 4.88. The molecule has 2 aromatic carbocycles. The number of anilines is 1. The monoisotopic (exact) mass is 393 g/mol. The second kappa shape index (κ2) is 7.48. The number of thiophene rings is 1. The molecule has 1 aliphatic heterocycles. The van der Waals surface area contributed by atoms with Gasteiger partial charge in [-0.25, -0.2) is 4.79 Å². The minimum atomic E-state index is -0.369. The molecule has 0 saturated heterocycles. The Balaban J connectivity index is 1.71. The summed E-state index contributed by atoms with van der Waals surface area (Å²) in [5.41, 5.74) is 4.41. The van der Waals surface area contributed by atoms with Crippen LogP contribution in [0.2, 0.25) is 0 Å². The van der Waals surface area contributed by atoms with E-state index in [4.69, 9.17) is 9.47 Å². The number of benzene rings is 2. The largest absolute Gasteiger partial charge is 0.497 e. The van der Waals surface area contributed by atoms with E-state index in [-0.39, 0.29) is 17.8 Å². The fourth-order valence-corrected chi connectivity index (χ4v) is 4.61. The Morgan fingerprint density at radius 2 is 1.79 bits per heavy atom. The highest BCUT2D eigenvalue weighted by Gasteiger charge is 2.30. The van der Waals surface area contributed by atoms with E-state index >= 15 is 0 Å². The zero-order valence-corrected chi connectivity index (χ0v) is 16.3. The molecule has 1 N–H and O–H groups in total. The van der Waals surface area contributed by atoms with E-state index in [1.807, 2.05) is 36.4 Å². The molecule has 0 fully saturated rings. The number of methoxy groups -OCH3 is 2. The van der Waals surface area contributed by atoms with Gasteiger partial charge in [-0.3, -0.25) is 4.79 Å². The van der Waals surface area contributed by atoms with Gasteiger partial charge in [0.15, 0.2) is 0 Å². The number of amides is 1. The normalized spacial score (nSPS) is 15.5. The maximum absolute atomic E-state index is 12.4. The Morgan fingerprint density at radius 1 is 1.07 bits per heavy atom. The van der Waals surface area contributed by atoms with Crippen molar-refractivity contribution in [2.24, 2.45) is 0 Å². The van der Waals surface area contributed by atoms with Crippen molar-refractivity contribution in [1.29, 1.82) is 0 Å². The number of hydrogen-bond acceptors (Lipinski definition) is 5. The third-order valence-electron chi connectivity index (χ3n) is 4.93. The summed E-state index contributed by atoms with van der Waals surface area (Å²) < 4.78 is 9.98. The highest BCUT2D eigenvalue weighted by molar-refractivity contribution is 7.11. The molecule has 0 spiro atoms. The van der Waals surface area contributed by atoms with Gasteiger partial charge in [-0.05, 0) is 35.4 Å². The number of esters is 1. The Bertz CT molecular complexity index is 1020. The van der Waals surface area contributed by atoms with E-state index in [9.17, 15) is 9.59 Å². The smallest absolute Gasteiger partial charge is 0.337 e. The van der Waals surface area contributed by atoms with Gasteiger partial charge in [-0.2, -0.15) is 0 Å². The molecule has 0 radical (unpaired) electrons. The molecule has 1 aliphatic rings. The first-order valence-corrected chi connectivity index (χ1v) is 9.72. The lowest BCUT2D eigenvalue weighted by Crippen LogP contribution is -2.22. The topological polar surface area (TPSA) is 64.6 Å². The number of rotatable bonds is 4. The summed E-state index contributed by atoms with van der Waals surface area (Å²) in [6.45, 7) is 0. The van der Waals surface area contributed by atoms with Crippen molar-refractivity contribution < 1.29 is 19.1 Å². The van der Waals surface area contributed by atoms with Crippen LogP contribution < -0.4 is 10.1 Å². The third kappa shape index (κ3) is 3.27. The van der Waals surface area contributed by atoms with E-state index in [0.29, 0.717) is 12.0 Å². The molecule has 3 aromatic rings. The molecule has 0 aliphatic carbocycles. The number of fused-ring (bicyclic) bond motifs is 1. The molecular formula is C22H19NO4S. The average Bonchev–Trinajstić information content (AvgIpc) is 3.16. The molecule has 6 heteroatoms. The fraction of sp³-hybridized carbons (Fsp3) is 0.182.